The maximum Gasteiger partial charge on any atom is 0.229 e. The lowest BCUT2D eigenvalue weighted by molar-refractivity contribution is 0.436. The van der Waals surface area contributed by atoms with Crippen LogP contribution < -0.4 is 5.73 Å². The van der Waals surface area contributed by atoms with Crippen molar-refractivity contribution in [2.24, 2.45) is 0 Å². The summed E-state index contributed by atoms with van der Waals surface area (Å²) in [6.45, 7) is 2.00. The van der Waals surface area contributed by atoms with Crippen LogP contribution in [0.5, 0.6) is 0 Å². The third kappa shape index (κ3) is 1.54. The topological polar surface area (TPSA) is 64.9 Å². The van der Waals surface area contributed by atoms with E-state index in [2.05, 4.69) is 16.2 Å². The van der Waals surface area contributed by atoms with Crippen molar-refractivity contribution in [2.75, 3.05) is 5.73 Å². The molecule has 0 bridgehead atoms. The van der Waals surface area contributed by atoms with Crippen LogP contribution in [0.3, 0.4) is 0 Å². The summed E-state index contributed by atoms with van der Waals surface area (Å²) in [4.78, 5) is 4.26. The number of nitrogens with zero attached hydrogens (tertiary/aromatic N) is 2. The van der Waals surface area contributed by atoms with Gasteiger partial charge in [0.15, 0.2) is 0 Å². The fourth-order valence-corrected chi connectivity index (χ4v) is 1.96. The Labute approximate surface area is 98.1 Å². The molecule has 0 aliphatic heterocycles. The molecule has 0 fully saturated rings. The molecule has 84 valence electrons. The minimum atomic E-state index is 0.343. The zero-order valence-corrected chi connectivity index (χ0v) is 9.34. The number of pyridine rings is 1. The molecule has 0 unspecified atom stereocenters. The smallest absolute Gasteiger partial charge is 0.229 e. The molecule has 2 heterocycles. The maximum absolute atomic E-state index is 5.71. The van der Waals surface area contributed by atoms with Gasteiger partial charge in [-0.25, -0.2) is 0 Å². The lowest BCUT2D eigenvalue weighted by Gasteiger charge is -2.03. The highest BCUT2D eigenvalue weighted by molar-refractivity contribution is 5.89. The second kappa shape index (κ2) is 3.59. The van der Waals surface area contributed by atoms with E-state index < -0.39 is 0 Å². The summed E-state index contributed by atoms with van der Waals surface area (Å²) in [7, 11) is 0. The van der Waals surface area contributed by atoms with Crippen LogP contribution in [0, 0.1) is 6.92 Å². The molecule has 0 atom stereocenters. The normalized spacial score (nSPS) is 10.9. The minimum Gasteiger partial charge on any atom is -0.367 e. The molecule has 0 aliphatic rings. The summed E-state index contributed by atoms with van der Waals surface area (Å²) in [5.41, 5.74) is 8.55. The number of anilines is 1. The van der Waals surface area contributed by atoms with Crippen molar-refractivity contribution < 1.29 is 4.52 Å². The van der Waals surface area contributed by atoms with Gasteiger partial charge in [0.05, 0.1) is 11.8 Å². The number of rotatable bonds is 1. The molecule has 17 heavy (non-hydrogen) atoms. The molecule has 0 radical (unpaired) electrons. The van der Waals surface area contributed by atoms with Crippen molar-refractivity contribution in [1.29, 1.82) is 0 Å². The average Bonchev–Trinajstić information content (AvgIpc) is 2.75. The van der Waals surface area contributed by atoms with Crippen molar-refractivity contribution in [2.45, 2.75) is 6.92 Å². The predicted molar refractivity (Wildman–Crippen MR) is 66.4 cm³/mol. The molecule has 0 spiro atoms. The van der Waals surface area contributed by atoms with Crippen molar-refractivity contribution in [3.8, 4) is 11.1 Å². The van der Waals surface area contributed by atoms with Gasteiger partial charge in [-0.05, 0) is 30.0 Å². The second-order valence-electron chi connectivity index (χ2n) is 3.94. The van der Waals surface area contributed by atoms with Gasteiger partial charge in [0.2, 0.25) is 5.88 Å². The molecule has 0 saturated heterocycles. The Morgan fingerprint density at radius 2 is 2.12 bits per heavy atom. The zero-order valence-electron chi connectivity index (χ0n) is 9.34. The summed E-state index contributed by atoms with van der Waals surface area (Å²) >= 11 is 0. The van der Waals surface area contributed by atoms with Gasteiger partial charge < -0.3 is 10.3 Å². The van der Waals surface area contributed by atoms with Crippen molar-refractivity contribution in [1.82, 2.24) is 10.1 Å². The molecule has 3 rings (SSSR count). The number of hydrogen-bond donors (Lipinski definition) is 1. The van der Waals surface area contributed by atoms with Gasteiger partial charge in [0.25, 0.3) is 0 Å². The summed E-state index contributed by atoms with van der Waals surface area (Å²) < 4.78 is 4.87. The molecule has 4 heteroatoms. The van der Waals surface area contributed by atoms with E-state index in [-0.39, 0.29) is 0 Å². The highest BCUT2D eigenvalue weighted by Gasteiger charge is 2.08. The zero-order chi connectivity index (χ0) is 11.8. The van der Waals surface area contributed by atoms with Crippen molar-refractivity contribution >= 4 is 16.7 Å². The average molecular weight is 225 g/mol. The Morgan fingerprint density at radius 3 is 2.88 bits per heavy atom. The first-order valence-corrected chi connectivity index (χ1v) is 5.31. The lowest BCUT2D eigenvalue weighted by atomic mass is 10.0. The molecule has 4 nitrogen and oxygen atoms in total. The largest absolute Gasteiger partial charge is 0.367 e. The molecule has 0 aliphatic carbocycles. The lowest BCUT2D eigenvalue weighted by Crippen LogP contribution is -1.87. The molecular formula is C13H11N3O. The van der Waals surface area contributed by atoms with E-state index in [4.69, 9.17) is 10.3 Å². The van der Waals surface area contributed by atoms with E-state index >= 15 is 0 Å². The number of benzene rings is 1. The third-order valence-corrected chi connectivity index (χ3v) is 2.87. The number of hydrogen-bond acceptors (Lipinski definition) is 4. The van der Waals surface area contributed by atoms with Crippen LogP contribution in [-0.4, -0.2) is 10.1 Å². The Hall–Kier alpha value is -2.36. The summed E-state index contributed by atoms with van der Waals surface area (Å²) in [5, 5.41) is 5.96. The van der Waals surface area contributed by atoms with Gasteiger partial charge in [-0.1, -0.05) is 17.3 Å². The fourth-order valence-electron chi connectivity index (χ4n) is 1.96. The van der Waals surface area contributed by atoms with Gasteiger partial charge in [-0.2, -0.15) is 0 Å². The van der Waals surface area contributed by atoms with E-state index in [9.17, 15) is 0 Å². The first-order valence-electron chi connectivity index (χ1n) is 5.31. The Bertz CT molecular complexity index is 688. The van der Waals surface area contributed by atoms with E-state index in [1.54, 1.807) is 12.4 Å². The summed E-state index contributed by atoms with van der Waals surface area (Å²) in [5.74, 6) is 0.343. The highest BCUT2D eigenvalue weighted by atomic mass is 16.5. The Morgan fingerprint density at radius 1 is 1.24 bits per heavy atom. The monoisotopic (exact) mass is 225 g/mol. The van der Waals surface area contributed by atoms with Crippen LogP contribution in [0.15, 0.2) is 41.2 Å². The standard InChI is InChI=1S/C13H11N3O/c1-8-11-3-2-9(6-10(11)4-5-15-8)12-7-16-17-13(12)14/h2-7H,14H2,1H3. The molecule has 2 N–H and O–H groups in total. The van der Waals surface area contributed by atoms with E-state index in [1.807, 2.05) is 25.1 Å². The molecular weight excluding hydrogens is 214 g/mol. The fraction of sp³-hybridized carbons (Fsp3) is 0.0769. The van der Waals surface area contributed by atoms with Gasteiger partial charge >= 0.3 is 0 Å². The Kier molecular flexibility index (Phi) is 2.08. The minimum absolute atomic E-state index is 0.343. The van der Waals surface area contributed by atoms with E-state index in [0.29, 0.717) is 5.88 Å². The number of aromatic nitrogens is 2. The van der Waals surface area contributed by atoms with Gasteiger partial charge in [0.1, 0.15) is 0 Å². The van der Waals surface area contributed by atoms with Gasteiger partial charge in [0, 0.05) is 17.3 Å². The van der Waals surface area contributed by atoms with Crippen LogP contribution >= 0.6 is 0 Å². The second-order valence-corrected chi connectivity index (χ2v) is 3.94. The molecule has 2 aromatic heterocycles. The van der Waals surface area contributed by atoms with Crippen LogP contribution in [-0.2, 0) is 0 Å². The Balaban J connectivity index is 2.24. The van der Waals surface area contributed by atoms with Gasteiger partial charge in [-0.15, -0.1) is 0 Å². The SMILES string of the molecule is Cc1nccc2cc(-c3cnoc3N)ccc12. The predicted octanol–water partition coefficient (Wildman–Crippen LogP) is 2.78. The number of nitrogens with two attached hydrogens (primary N) is 1. The quantitative estimate of drug-likeness (QED) is 0.691. The summed E-state index contributed by atoms with van der Waals surface area (Å²) in [6, 6.07) is 8.09. The van der Waals surface area contributed by atoms with Gasteiger partial charge in [-0.3, -0.25) is 4.98 Å². The molecule has 3 aromatic rings. The highest BCUT2D eigenvalue weighted by Crippen LogP contribution is 2.28. The van der Waals surface area contributed by atoms with Crippen LogP contribution in [0.4, 0.5) is 5.88 Å². The van der Waals surface area contributed by atoms with Crippen LogP contribution in [0.25, 0.3) is 21.9 Å². The first kappa shape index (κ1) is 9.84. The third-order valence-electron chi connectivity index (χ3n) is 2.87. The maximum atomic E-state index is 5.71. The van der Waals surface area contributed by atoms with Crippen molar-refractivity contribution in [3.63, 3.8) is 0 Å². The molecule has 1 aromatic carbocycles. The van der Waals surface area contributed by atoms with E-state index in [0.717, 1.165) is 27.6 Å². The van der Waals surface area contributed by atoms with Crippen LogP contribution in [0.2, 0.25) is 0 Å². The summed E-state index contributed by atoms with van der Waals surface area (Å²) in [6.07, 6.45) is 3.43. The van der Waals surface area contributed by atoms with E-state index in [1.165, 1.54) is 0 Å². The number of fused-ring (bicyclic) bond motifs is 1. The first-order chi connectivity index (χ1) is 8.25. The molecule has 0 saturated carbocycles. The van der Waals surface area contributed by atoms with Crippen molar-refractivity contribution in [3.05, 3.63) is 42.4 Å². The number of aryl methyl sites for hydroxylation is 1. The van der Waals surface area contributed by atoms with Crippen LogP contribution in [0.1, 0.15) is 5.69 Å². The molecule has 0 amide bonds. The number of nitrogen functional groups attached to an aromatic ring is 1.